The van der Waals surface area contributed by atoms with Crippen molar-refractivity contribution in [2.75, 3.05) is 36.0 Å². The summed E-state index contributed by atoms with van der Waals surface area (Å²) in [5.41, 5.74) is 3.09. The minimum atomic E-state index is -0.0710. The lowest BCUT2D eigenvalue weighted by molar-refractivity contribution is 0.0950. The van der Waals surface area contributed by atoms with E-state index in [2.05, 4.69) is 56.3 Å². The highest BCUT2D eigenvalue weighted by molar-refractivity contribution is 5.94. The molecule has 1 N–H and O–H groups in total. The van der Waals surface area contributed by atoms with E-state index in [1.54, 1.807) is 12.4 Å². The van der Waals surface area contributed by atoms with E-state index in [9.17, 15) is 4.79 Å². The first-order valence-electron chi connectivity index (χ1n) is 8.88. The maximum absolute atomic E-state index is 12.0. The van der Waals surface area contributed by atoms with Crippen molar-refractivity contribution in [1.82, 2.24) is 15.3 Å². The minimum Gasteiger partial charge on any atom is -0.368 e. The molecule has 2 heterocycles. The van der Waals surface area contributed by atoms with Gasteiger partial charge in [-0.05, 0) is 37.5 Å². The average molecular weight is 337 g/mol. The number of nitrogens with zero attached hydrogens (tertiary/aromatic N) is 4. The maximum Gasteiger partial charge on any atom is 0.254 e. The number of carbonyl (C=O) groups is 1. The normalized spacial score (nSPS) is 17.5. The summed E-state index contributed by atoms with van der Waals surface area (Å²) in [4.78, 5) is 25.4. The predicted molar refractivity (Wildman–Crippen MR) is 98.1 cm³/mol. The van der Waals surface area contributed by atoms with Crippen LogP contribution < -0.4 is 15.1 Å². The number of hydrogen-bond donors (Lipinski definition) is 1. The van der Waals surface area contributed by atoms with Crippen molar-refractivity contribution in [1.29, 1.82) is 0 Å². The van der Waals surface area contributed by atoms with Crippen molar-refractivity contribution >= 4 is 17.5 Å². The summed E-state index contributed by atoms with van der Waals surface area (Å²) in [6, 6.07) is 8.95. The first kappa shape index (κ1) is 15.9. The Morgan fingerprint density at radius 1 is 1.08 bits per heavy atom. The van der Waals surface area contributed by atoms with Gasteiger partial charge >= 0.3 is 0 Å². The van der Waals surface area contributed by atoms with Gasteiger partial charge in [0.1, 0.15) is 0 Å². The first-order valence-corrected chi connectivity index (χ1v) is 8.88. The maximum atomic E-state index is 12.0. The third-order valence-corrected chi connectivity index (χ3v) is 4.74. The van der Waals surface area contributed by atoms with E-state index in [1.165, 1.54) is 11.3 Å². The van der Waals surface area contributed by atoms with Gasteiger partial charge in [0, 0.05) is 50.3 Å². The van der Waals surface area contributed by atoms with Crippen molar-refractivity contribution in [3.05, 3.63) is 47.8 Å². The Balaban J connectivity index is 1.36. The molecule has 1 amide bonds. The molecule has 2 aliphatic rings. The van der Waals surface area contributed by atoms with Crippen LogP contribution in [0.4, 0.5) is 11.6 Å². The summed E-state index contributed by atoms with van der Waals surface area (Å²) in [6.45, 7) is 5.76. The highest BCUT2D eigenvalue weighted by Gasteiger charge is 2.24. The quantitative estimate of drug-likeness (QED) is 0.925. The average Bonchev–Trinajstić information content (AvgIpc) is 3.46. The molecule has 1 saturated heterocycles. The Hall–Kier alpha value is -2.63. The molecule has 130 valence electrons. The van der Waals surface area contributed by atoms with Gasteiger partial charge in [-0.25, -0.2) is 9.97 Å². The van der Waals surface area contributed by atoms with E-state index in [0.29, 0.717) is 17.6 Å². The molecular weight excluding hydrogens is 314 g/mol. The topological polar surface area (TPSA) is 61.4 Å². The minimum absolute atomic E-state index is 0.0710. The Kier molecular flexibility index (Phi) is 4.26. The van der Waals surface area contributed by atoms with Gasteiger partial charge in [0.15, 0.2) is 0 Å². The smallest absolute Gasteiger partial charge is 0.254 e. The number of benzene rings is 1. The second-order valence-electron chi connectivity index (χ2n) is 6.83. The third kappa shape index (κ3) is 3.73. The lowest BCUT2D eigenvalue weighted by Gasteiger charge is -2.36. The summed E-state index contributed by atoms with van der Waals surface area (Å²) in [5.74, 6) is 0.630. The molecule has 1 saturated carbocycles. The van der Waals surface area contributed by atoms with E-state index < -0.39 is 0 Å². The number of piperazine rings is 1. The van der Waals surface area contributed by atoms with Crippen LogP contribution in [-0.2, 0) is 0 Å². The summed E-state index contributed by atoms with van der Waals surface area (Å²) in [5, 5.41) is 2.96. The largest absolute Gasteiger partial charge is 0.368 e. The fourth-order valence-electron chi connectivity index (χ4n) is 3.09. The Bertz CT molecular complexity index is 749. The second kappa shape index (κ2) is 6.70. The van der Waals surface area contributed by atoms with E-state index in [-0.39, 0.29) is 5.91 Å². The van der Waals surface area contributed by atoms with Crippen LogP contribution in [0.2, 0.25) is 0 Å². The second-order valence-corrected chi connectivity index (χ2v) is 6.83. The standard InChI is InChI=1S/C19H23N5O/c1-14-3-2-4-17(11-14)23-7-9-24(10-8-23)19-20-12-15(13-21-19)18(25)22-16-5-6-16/h2-4,11-13,16H,5-10H2,1H3,(H,22,25). The zero-order valence-corrected chi connectivity index (χ0v) is 14.5. The molecule has 2 aromatic rings. The molecule has 1 aliphatic carbocycles. The monoisotopic (exact) mass is 337 g/mol. The summed E-state index contributed by atoms with van der Waals surface area (Å²) >= 11 is 0. The van der Waals surface area contributed by atoms with Crippen LogP contribution in [0.3, 0.4) is 0 Å². The summed E-state index contributed by atoms with van der Waals surface area (Å²) in [6.07, 6.45) is 5.42. The number of carbonyl (C=O) groups excluding carboxylic acids is 1. The predicted octanol–water partition coefficient (Wildman–Crippen LogP) is 2.00. The van der Waals surface area contributed by atoms with Crippen molar-refractivity contribution in [3.8, 4) is 0 Å². The van der Waals surface area contributed by atoms with Gasteiger partial charge in [-0.2, -0.15) is 0 Å². The van der Waals surface area contributed by atoms with Crippen molar-refractivity contribution in [2.45, 2.75) is 25.8 Å². The molecule has 0 unspecified atom stereocenters. The van der Waals surface area contributed by atoms with Crippen molar-refractivity contribution in [2.24, 2.45) is 0 Å². The Labute approximate surface area is 147 Å². The molecule has 0 spiro atoms. The summed E-state index contributed by atoms with van der Waals surface area (Å²) < 4.78 is 0. The van der Waals surface area contributed by atoms with Gasteiger partial charge in [-0.1, -0.05) is 12.1 Å². The number of aromatic nitrogens is 2. The van der Waals surface area contributed by atoms with Crippen LogP contribution >= 0.6 is 0 Å². The fraction of sp³-hybridized carbons (Fsp3) is 0.421. The van der Waals surface area contributed by atoms with Crippen molar-refractivity contribution in [3.63, 3.8) is 0 Å². The van der Waals surface area contributed by atoms with E-state index in [4.69, 9.17) is 0 Å². The lowest BCUT2D eigenvalue weighted by Crippen LogP contribution is -2.47. The van der Waals surface area contributed by atoms with Crippen LogP contribution in [0.15, 0.2) is 36.7 Å². The van der Waals surface area contributed by atoms with Crippen LogP contribution in [0.1, 0.15) is 28.8 Å². The molecule has 0 bridgehead atoms. The molecular formula is C19H23N5O. The van der Waals surface area contributed by atoms with Crippen LogP contribution in [0.5, 0.6) is 0 Å². The van der Waals surface area contributed by atoms with Gasteiger partial charge in [-0.3, -0.25) is 4.79 Å². The SMILES string of the molecule is Cc1cccc(N2CCN(c3ncc(C(=O)NC4CC4)cn3)CC2)c1. The van der Waals surface area contributed by atoms with Gasteiger partial charge in [0.05, 0.1) is 5.56 Å². The number of hydrogen-bond acceptors (Lipinski definition) is 5. The molecule has 0 radical (unpaired) electrons. The van der Waals surface area contributed by atoms with Gasteiger partial charge in [-0.15, -0.1) is 0 Å². The van der Waals surface area contributed by atoms with E-state index >= 15 is 0 Å². The molecule has 6 heteroatoms. The van der Waals surface area contributed by atoms with Crippen LogP contribution in [-0.4, -0.2) is 48.1 Å². The number of nitrogens with one attached hydrogen (secondary N) is 1. The lowest BCUT2D eigenvalue weighted by atomic mass is 10.2. The highest BCUT2D eigenvalue weighted by atomic mass is 16.1. The molecule has 2 fully saturated rings. The molecule has 25 heavy (non-hydrogen) atoms. The molecule has 1 aliphatic heterocycles. The zero-order chi connectivity index (χ0) is 17.2. The number of amides is 1. The fourth-order valence-corrected chi connectivity index (χ4v) is 3.09. The van der Waals surface area contributed by atoms with Gasteiger partial charge < -0.3 is 15.1 Å². The zero-order valence-electron chi connectivity index (χ0n) is 14.5. The Morgan fingerprint density at radius 3 is 2.40 bits per heavy atom. The molecule has 1 aromatic heterocycles. The van der Waals surface area contributed by atoms with E-state index in [0.717, 1.165) is 39.0 Å². The number of aryl methyl sites for hydroxylation is 1. The van der Waals surface area contributed by atoms with E-state index in [1.807, 2.05) is 0 Å². The van der Waals surface area contributed by atoms with Gasteiger partial charge in [0.2, 0.25) is 5.95 Å². The van der Waals surface area contributed by atoms with Crippen LogP contribution in [0, 0.1) is 6.92 Å². The number of anilines is 2. The molecule has 0 atom stereocenters. The molecule has 1 aromatic carbocycles. The molecule has 4 rings (SSSR count). The van der Waals surface area contributed by atoms with Gasteiger partial charge in [0.25, 0.3) is 5.91 Å². The highest BCUT2D eigenvalue weighted by Crippen LogP contribution is 2.20. The Morgan fingerprint density at radius 2 is 1.76 bits per heavy atom. The third-order valence-electron chi connectivity index (χ3n) is 4.74. The first-order chi connectivity index (χ1) is 12.2. The van der Waals surface area contributed by atoms with Crippen LogP contribution in [0.25, 0.3) is 0 Å². The molecule has 6 nitrogen and oxygen atoms in total. The number of rotatable bonds is 4. The van der Waals surface area contributed by atoms with Crippen molar-refractivity contribution < 1.29 is 4.79 Å². The summed E-state index contributed by atoms with van der Waals surface area (Å²) in [7, 11) is 0.